The van der Waals surface area contributed by atoms with Crippen LogP contribution in [0.15, 0.2) is 12.6 Å². The number of fused-ring (bicyclic) bond motifs is 3. The fraction of sp³-hybridized carbons (Fsp3) is 0.619. The zero-order chi connectivity index (χ0) is 17.0. The third-order valence-corrected chi connectivity index (χ3v) is 5.48. The number of anilines is 1. The fourth-order valence-corrected chi connectivity index (χ4v) is 4.46. The molecular weight excluding hydrogens is 282 g/mol. The molecule has 0 radical (unpaired) electrons. The van der Waals surface area contributed by atoms with E-state index >= 15 is 0 Å². The zero-order valence-electron chi connectivity index (χ0n) is 15.6. The Kier molecular flexibility index (Phi) is 6.15. The summed E-state index contributed by atoms with van der Waals surface area (Å²) < 4.78 is 5.47. The van der Waals surface area contributed by atoms with Gasteiger partial charge in [0.25, 0.3) is 0 Å². The van der Waals surface area contributed by atoms with Crippen molar-refractivity contribution in [3.8, 4) is 0 Å². The van der Waals surface area contributed by atoms with Crippen molar-refractivity contribution in [2.75, 3.05) is 19.5 Å². The van der Waals surface area contributed by atoms with Crippen LogP contribution in [-0.4, -0.2) is 14.2 Å². The molecule has 1 aromatic carbocycles. The second kappa shape index (κ2) is 7.90. The Morgan fingerprint density at radius 3 is 2.61 bits per heavy atom. The van der Waals surface area contributed by atoms with Crippen molar-refractivity contribution in [3.63, 3.8) is 0 Å². The molecule has 3 rings (SSSR count). The first-order chi connectivity index (χ1) is 11.2. The van der Waals surface area contributed by atoms with Gasteiger partial charge < -0.3 is 10.1 Å². The summed E-state index contributed by atoms with van der Waals surface area (Å²) in [5.74, 6) is 2.39. The molecule has 0 saturated heterocycles. The maximum Gasteiger partial charge on any atom is 0.119 e. The number of hydrogen-bond donors (Lipinski definition) is 1. The molecule has 0 aliphatic heterocycles. The number of hydrogen-bond acceptors (Lipinski definition) is 2. The van der Waals surface area contributed by atoms with Gasteiger partial charge in [-0.2, -0.15) is 0 Å². The molecule has 1 fully saturated rings. The van der Waals surface area contributed by atoms with E-state index in [1.807, 2.05) is 13.8 Å². The molecule has 2 aliphatic carbocycles. The first-order valence-electron chi connectivity index (χ1n) is 9.30. The van der Waals surface area contributed by atoms with Gasteiger partial charge in [-0.3, -0.25) is 0 Å². The lowest BCUT2D eigenvalue weighted by Gasteiger charge is -2.27. The van der Waals surface area contributed by atoms with Crippen LogP contribution < -0.4 is 5.32 Å². The van der Waals surface area contributed by atoms with Crippen LogP contribution in [-0.2, 0) is 17.6 Å². The van der Waals surface area contributed by atoms with Gasteiger partial charge in [0.2, 0.25) is 0 Å². The molecule has 1 aromatic rings. The van der Waals surface area contributed by atoms with Gasteiger partial charge in [-0.1, -0.05) is 40.2 Å². The molecule has 0 aromatic heterocycles. The van der Waals surface area contributed by atoms with Crippen molar-refractivity contribution in [3.05, 3.63) is 34.9 Å². The van der Waals surface area contributed by atoms with Crippen LogP contribution in [0, 0.1) is 5.92 Å². The molecule has 0 spiro atoms. The number of nitrogens with one attached hydrogen (secondary N) is 1. The predicted molar refractivity (Wildman–Crippen MR) is 101 cm³/mol. The summed E-state index contributed by atoms with van der Waals surface area (Å²) in [6.45, 7) is 10.4. The summed E-state index contributed by atoms with van der Waals surface area (Å²) in [5, 5.41) is 3.49. The van der Waals surface area contributed by atoms with Crippen LogP contribution in [0.5, 0.6) is 0 Å². The van der Waals surface area contributed by atoms with Crippen molar-refractivity contribution < 1.29 is 4.74 Å². The Morgan fingerprint density at radius 1 is 1.30 bits per heavy atom. The quantitative estimate of drug-likeness (QED) is 0.713. The lowest BCUT2D eigenvalue weighted by atomic mass is 9.79. The van der Waals surface area contributed by atoms with Crippen LogP contribution in [0.3, 0.4) is 0 Å². The van der Waals surface area contributed by atoms with E-state index in [0.29, 0.717) is 0 Å². The van der Waals surface area contributed by atoms with Gasteiger partial charge in [0.05, 0.1) is 7.11 Å². The topological polar surface area (TPSA) is 21.3 Å². The molecular formula is C21H33NO. The molecule has 0 heterocycles. The normalized spacial score (nSPS) is 21.6. The summed E-state index contributed by atoms with van der Waals surface area (Å²) in [6.07, 6.45) is 7.74. The van der Waals surface area contributed by atoms with Crippen molar-refractivity contribution >= 4 is 11.4 Å². The summed E-state index contributed by atoms with van der Waals surface area (Å²) in [4.78, 5) is 0. The van der Waals surface area contributed by atoms with Gasteiger partial charge in [-0.25, -0.2) is 0 Å². The minimum Gasteiger partial charge on any atom is -0.497 e. The average Bonchev–Trinajstić information content (AvgIpc) is 3.00. The molecule has 2 nitrogen and oxygen atoms in total. The lowest BCUT2D eigenvalue weighted by Crippen LogP contribution is -2.14. The van der Waals surface area contributed by atoms with Gasteiger partial charge in [0.15, 0.2) is 0 Å². The molecule has 128 valence electrons. The van der Waals surface area contributed by atoms with Crippen molar-refractivity contribution in [2.24, 2.45) is 5.92 Å². The summed E-state index contributed by atoms with van der Waals surface area (Å²) in [6, 6.07) is 2.30. The van der Waals surface area contributed by atoms with E-state index in [9.17, 15) is 0 Å². The number of benzene rings is 1. The number of ether oxygens (including phenoxy) is 1. The van der Waals surface area contributed by atoms with Crippen LogP contribution in [0.2, 0.25) is 0 Å². The third-order valence-electron chi connectivity index (χ3n) is 5.48. The average molecular weight is 316 g/mol. The molecule has 1 saturated carbocycles. The highest BCUT2D eigenvalue weighted by Crippen LogP contribution is 2.52. The minimum atomic E-state index is 0.742. The molecule has 23 heavy (non-hydrogen) atoms. The fourth-order valence-electron chi connectivity index (χ4n) is 4.46. The first-order valence-corrected chi connectivity index (χ1v) is 9.30. The van der Waals surface area contributed by atoms with Gasteiger partial charge in [0, 0.05) is 18.3 Å². The van der Waals surface area contributed by atoms with E-state index in [2.05, 4.69) is 31.9 Å². The van der Waals surface area contributed by atoms with Gasteiger partial charge in [-0.15, -0.1) is 0 Å². The van der Waals surface area contributed by atoms with E-state index in [1.54, 1.807) is 12.7 Å². The molecule has 2 aliphatic rings. The van der Waals surface area contributed by atoms with Crippen molar-refractivity contribution in [1.82, 2.24) is 0 Å². The van der Waals surface area contributed by atoms with E-state index in [4.69, 9.17) is 4.74 Å². The van der Waals surface area contributed by atoms with E-state index in [0.717, 1.165) is 24.0 Å². The van der Waals surface area contributed by atoms with E-state index in [-0.39, 0.29) is 0 Å². The van der Waals surface area contributed by atoms with Crippen molar-refractivity contribution in [1.29, 1.82) is 0 Å². The molecule has 2 unspecified atom stereocenters. The smallest absolute Gasteiger partial charge is 0.119 e. The maximum absolute atomic E-state index is 5.47. The molecule has 2 heteroatoms. The Labute approximate surface area is 142 Å². The highest BCUT2D eigenvalue weighted by Gasteiger charge is 2.38. The first kappa shape index (κ1) is 17.9. The second-order valence-corrected chi connectivity index (χ2v) is 6.44. The van der Waals surface area contributed by atoms with Crippen LogP contribution >= 0.6 is 0 Å². The highest BCUT2D eigenvalue weighted by atomic mass is 16.5. The summed E-state index contributed by atoms with van der Waals surface area (Å²) >= 11 is 0. The highest BCUT2D eigenvalue weighted by molar-refractivity contribution is 5.73. The third kappa shape index (κ3) is 3.13. The molecule has 2 atom stereocenters. The van der Waals surface area contributed by atoms with Crippen molar-refractivity contribution in [2.45, 2.75) is 65.2 Å². The minimum absolute atomic E-state index is 0.742. The number of aryl methyl sites for hydroxylation is 1. The van der Waals surface area contributed by atoms with Gasteiger partial charge >= 0.3 is 0 Å². The molecule has 0 bridgehead atoms. The van der Waals surface area contributed by atoms with E-state index < -0.39 is 0 Å². The lowest BCUT2D eigenvalue weighted by molar-refractivity contribution is 0.330. The Hall–Kier alpha value is -1.44. The maximum atomic E-state index is 5.47. The van der Waals surface area contributed by atoms with Crippen LogP contribution in [0.4, 0.5) is 5.69 Å². The van der Waals surface area contributed by atoms with Gasteiger partial charge in [-0.05, 0) is 60.3 Å². The molecule has 0 amide bonds. The Morgan fingerprint density at radius 2 is 2.00 bits per heavy atom. The predicted octanol–water partition coefficient (Wildman–Crippen LogP) is 5.76. The number of methoxy groups -OCH3 is 1. The standard InChI is InChI=1S/C19H27NO.C2H6/c1-5-13-10-16(12(2)21-4)17-11-14-8-6-7-9-15(14)18(17)19(13)20-3;1-2/h10,14-15,20H,2,5-9,11H2,1,3-4H3;1-2H3. The monoisotopic (exact) mass is 315 g/mol. The molecule has 1 N–H and O–H groups in total. The van der Waals surface area contributed by atoms with Crippen LogP contribution in [0.25, 0.3) is 5.76 Å². The van der Waals surface area contributed by atoms with E-state index in [1.165, 1.54) is 54.5 Å². The zero-order valence-corrected chi connectivity index (χ0v) is 15.6. The summed E-state index contributed by atoms with van der Waals surface area (Å²) in [7, 11) is 3.80. The Bertz CT molecular complexity index is 561. The SMILES string of the molecule is C=C(OC)c1cc(CC)c(NC)c2c1CC1CCCCC21.CC. The number of rotatable bonds is 4. The van der Waals surface area contributed by atoms with Crippen LogP contribution in [0.1, 0.15) is 74.6 Å². The second-order valence-electron chi connectivity index (χ2n) is 6.44. The van der Waals surface area contributed by atoms with Gasteiger partial charge in [0.1, 0.15) is 5.76 Å². The summed E-state index contributed by atoms with van der Waals surface area (Å²) in [5.41, 5.74) is 7.11. The largest absolute Gasteiger partial charge is 0.497 e. The Balaban J connectivity index is 0.000000924.